The summed E-state index contributed by atoms with van der Waals surface area (Å²) in [6.45, 7) is 2.58. The van der Waals surface area contributed by atoms with Crippen LogP contribution in [-0.4, -0.2) is 15.6 Å². The van der Waals surface area contributed by atoms with E-state index < -0.39 is 17.2 Å². The fraction of sp³-hybridized carbons (Fsp3) is 0.353. The number of aromatic nitrogens is 1. The molecule has 0 aliphatic heterocycles. The van der Waals surface area contributed by atoms with E-state index in [1.54, 1.807) is 4.57 Å². The number of hydrogen-bond donors (Lipinski definition) is 1. The first-order valence-corrected chi connectivity index (χ1v) is 7.45. The van der Waals surface area contributed by atoms with Crippen LogP contribution in [0.15, 0.2) is 23.1 Å². The summed E-state index contributed by atoms with van der Waals surface area (Å²) in [4.78, 5) is 23.5. The molecule has 120 valence electrons. The summed E-state index contributed by atoms with van der Waals surface area (Å²) in [7, 11) is 0. The molecule has 1 heterocycles. The number of nitriles is 1. The fourth-order valence-electron chi connectivity index (χ4n) is 2.54. The van der Waals surface area contributed by atoms with Gasteiger partial charge in [0.15, 0.2) is 0 Å². The average Bonchev–Trinajstić information content (AvgIpc) is 2.51. The number of benzene rings is 1. The van der Waals surface area contributed by atoms with Gasteiger partial charge in [-0.15, -0.1) is 0 Å². The molecule has 0 fully saturated rings. The van der Waals surface area contributed by atoms with Crippen molar-refractivity contribution in [1.29, 1.82) is 5.26 Å². The second kappa shape index (κ2) is 7.05. The van der Waals surface area contributed by atoms with Crippen LogP contribution >= 0.6 is 0 Å². The maximum atomic E-state index is 14.0. The number of carboxylic acid groups (broad SMARTS) is 1. The molecule has 5 nitrogen and oxygen atoms in total. The van der Waals surface area contributed by atoms with Crippen LogP contribution in [0.5, 0.6) is 0 Å². The molecule has 0 bridgehead atoms. The first kappa shape index (κ1) is 16.7. The number of unbranched alkanes of at least 4 members (excludes halogenated alkanes) is 2. The van der Waals surface area contributed by atoms with Crippen LogP contribution in [0.3, 0.4) is 0 Å². The summed E-state index contributed by atoms with van der Waals surface area (Å²) in [6.07, 6.45) is 3.97. The number of aryl methyl sites for hydroxylation is 1. The molecule has 1 N–H and O–H groups in total. The van der Waals surface area contributed by atoms with Gasteiger partial charge in [0, 0.05) is 23.7 Å². The molecule has 0 aliphatic rings. The Morgan fingerprint density at radius 1 is 1.39 bits per heavy atom. The molecule has 0 unspecified atom stereocenters. The number of halogens is 1. The smallest absolute Gasteiger partial charge is 0.341 e. The molecular formula is C17H17FN2O3. The summed E-state index contributed by atoms with van der Waals surface area (Å²) in [5.41, 5.74) is -0.419. The van der Waals surface area contributed by atoms with Crippen molar-refractivity contribution in [2.75, 3.05) is 0 Å². The van der Waals surface area contributed by atoms with E-state index in [1.807, 2.05) is 13.0 Å². The first-order valence-electron chi connectivity index (χ1n) is 7.45. The number of nitrogens with zero attached hydrogens (tertiary/aromatic N) is 2. The van der Waals surface area contributed by atoms with Gasteiger partial charge in [0.05, 0.1) is 18.0 Å². The fourth-order valence-corrected chi connectivity index (χ4v) is 2.54. The second-order valence-electron chi connectivity index (χ2n) is 5.37. The summed E-state index contributed by atoms with van der Waals surface area (Å²) < 4.78 is 15.7. The largest absolute Gasteiger partial charge is 0.477 e. The predicted molar refractivity (Wildman–Crippen MR) is 84.0 cm³/mol. The van der Waals surface area contributed by atoms with Gasteiger partial charge in [-0.2, -0.15) is 5.26 Å². The highest BCUT2D eigenvalue weighted by Gasteiger charge is 2.16. The molecular weight excluding hydrogens is 299 g/mol. The third kappa shape index (κ3) is 3.39. The van der Waals surface area contributed by atoms with Gasteiger partial charge in [-0.05, 0) is 18.6 Å². The number of carbonyl (C=O) groups is 1. The van der Waals surface area contributed by atoms with E-state index in [1.165, 1.54) is 12.3 Å². The summed E-state index contributed by atoms with van der Waals surface area (Å²) in [5, 5.41) is 18.0. The topological polar surface area (TPSA) is 83.1 Å². The lowest BCUT2D eigenvalue weighted by atomic mass is 10.1. The van der Waals surface area contributed by atoms with Crippen molar-refractivity contribution in [3.63, 3.8) is 0 Å². The molecule has 1 aromatic carbocycles. The van der Waals surface area contributed by atoms with Crippen LogP contribution in [0.25, 0.3) is 10.9 Å². The molecule has 0 aliphatic carbocycles. The van der Waals surface area contributed by atoms with E-state index >= 15 is 0 Å². The van der Waals surface area contributed by atoms with E-state index in [4.69, 9.17) is 5.26 Å². The zero-order valence-electron chi connectivity index (χ0n) is 12.8. The van der Waals surface area contributed by atoms with Gasteiger partial charge in [0.25, 0.3) is 0 Å². The van der Waals surface area contributed by atoms with Gasteiger partial charge < -0.3 is 9.67 Å². The van der Waals surface area contributed by atoms with E-state index in [0.29, 0.717) is 12.1 Å². The average molecular weight is 316 g/mol. The molecule has 2 aromatic rings. The zero-order valence-corrected chi connectivity index (χ0v) is 12.8. The van der Waals surface area contributed by atoms with Crippen LogP contribution in [0.2, 0.25) is 0 Å². The Labute approximate surface area is 132 Å². The van der Waals surface area contributed by atoms with Crippen molar-refractivity contribution in [3.8, 4) is 6.07 Å². The molecule has 0 amide bonds. The van der Waals surface area contributed by atoms with Crippen LogP contribution in [0.1, 0.15) is 42.1 Å². The molecule has 0 saturated heterocycles. The van der Waals surface area contributed by atoms with Crippen molar-refractivity contribution in [2.24, 2.45) is 0 Å². The summed E-state index contributed by atoms with van der Waals surface area (Å²) in [5.74, 6) is -2.00. The SMILES string of the molecule is CCCCCn1cc(C(=O)O)c(=O)c2cc(F)c(CC#N)cc21. The molecule has 23 heavy (non-hydrogen) atoms. The van der Waals surface area contributed by atoms with Gasteiger partial charge in [-0.25, -0.2) is 9.18 Å². The lowest BCUT2D eigenvalue weighted by Crippen LogP contribution is -2.19. The minimum atomic E-state index is -1.33. The minimum Gasteiger partial charge on any atom is -0.477 e. The quantitative estimate of drug-likeness (QED) is 0.830. The van der Waals surface area contributed by atoms with Crippen LogP contribution in [0.4, 0.5) is 4.39 Å². The Balaban J connectivity index is 2.71. The third-order valence-corrected chi connectivity index (χ3v) is 3.75. The second-order valence-corrected chi connectivity index (χ2v) is 5.37. The van der Waals surface area contributed by atoms with Gasteiger partial charge in [-0.3, -0.25) is 4.79 Å². The van der Waals surface area contributed by atoms with Crippen LogP contribution < -0.4 is 5.43 Å². The van der Waals surface area contributed by atoms with E-state index in [2.05, 4.69) is 0 Å². The number of carboxylic acids is 1. The van der Waals surface area contributed by atoms with Crippen molar-refractivity contribution < 1.29 is 14.3 Å². The van der Waals surface area contributed by atoms with Gasteiger partial charge >= 0.3 is 5.97 Å². The molecule has 0 atom stereocenters. The van der Waals surface area contributed by atoms with E-state index in [0.717, 1.165) is 25.3 Å². The third-order valence-electron chi connectivity index (χ3n) is 3.75. The normalized spacial score (nSPS) is 10.7. The molecule has 1 aromatic heterocycles. The Bertz CT molecular complexity index is 850. The monoisotopic (exact) mass is 316 g/mol. The van der Waals surface area contributed by atoms with Crippen molar-refractivity contribution in [2.45, 2.75) is 39.2 Å². The van der Waals surface area contributed by atoms with Crippen molar-refractivity contribution >= 4 is 16.9 Å². The van der Waals surface area contributed by atoms with Gasteiger partial charge in [-0.1, -0.05) is 19.8 Å². The Morgan fingerprint density at radius 3 is 2.74 bits per heavy atom. The summed E-state index contributed by atoms with van der Waals surface area (Å²) in [6, 6.07) is 4.38. The first-order chi connectivity index (χ1) is 11.0. The number of aromatic carboxylic acids is 1. The maximum Gasteiger partial charge on any atom is 0.341 e. The van der Waals surface area contributed by atoms with Gasteiger partial charge in [0.1, 0.15) is 11.4 Å². The van der Waals surface area contributed by atoms with Crippen LogP contribution in [0, 0.1) is 17.1 Å². The summed E-state index contributed by atoms with van der Waals surface area (Å²) >= 11 is 0. The Kier molecular flexibility index (Phi) is 5.12. The maximum absolute atomic E-state index is 14.0. The number of hydrogen-bond acceptors (Lipinski definition) is 3. The molecule has 0 saturated carbocycles. The molecule has 0 spiro atoms. The van der Waals surface area contributed by atoms with Crippen molar-refractivity contribution in [3.05, 3.63) is 45.5 Å². The van der Waals surface area contributed by atoms with Crippen molar-refractivity contribution in [1.82, 2.24) is 4.57 Å². The predicted octanol–water partition coefficient (Wildman–Crippen LogP) is 3.10. The molecule has 6 heteroatoms. The minimum absolute atomic E-state index is 0.0283. The van der Waals surface area contributed by atoms with E-state index in [-0.39, 0.29) is 22.9 Å². The Hall–Kier alpha value is -2.68. The highest BCUT2D eigenvalue weighted by Crippen LogP contribution is 2.19. The number of fused-ring (bicyclic) bond motifs is 1. The highest BCUT2D eigenvalue weighted by atomic mass is 19.1. The zero-order chi connectivity index (χ0) is 17.0. The van der Waals surface area contributed by atoms with Gasteiger partial charge in [0.2, 0.25) is 5.43 Å². The Morgan fingerprint density at radius 2 is 2.13 bits per heavy atom. The lowest BCUT2D eigenvalue weighted by molar-refractivity contribution is 0.0695. The number of pyridine rings is 1. The lowest BCUT2D eigenvalue weighted by Gasteiger charge is -2.13. The molecule has 0 radical (unpaired) electrons. The van der Waals surface area contributed by atoms with E-state index in [9.17, 15) is 19.1 Å². The van der Waals surface area contributed by atoms with Crippen LogP contribution in [-0.2, 0) is 13.0 Å². The highest BCUT2D eigenvalue weighted by molar-refractivity contribution is 5.92. The number of rotatable bonds is 6. The molecule has 2 rings (SSSR count). The standard InChI is InChI=1S/C17H17FN2O3/c1-2-3-4-7-20-10-13(17(22)23)16(21)12-9-14(18)11(5-6-19)8-15(12)20/h8-10H,2-5,7H2,1H3,(H,22,23).